The Morgan fingerprint density at radius 1 is 1.29 bits per heavy atom. The summed E-state index contributed by atoms with van der Waals surface area (Å²) in [7, 11) is 1.62. The van der Waals surface area contributed by atoms with Gasteiger partial charge in [-0.25, -0.2) is 0 Å². The number of carbonyl (C=O) groups is 1. The summed E-state index contributed by atoms with van der Waals surface area (Å²) in [5, 5.41) is 4.77. The molecule has 1 N–H and O–H groups in total. The van der Waals surface area contributed by atoms with E-state index in [1.54, 1.807) is 30.6 Å². The first kappa shape index (κ1) is 15.3. The van der Waals surface area contributed by atoms with Crippen LogP contribution in [0, 0.1) is 0 Å². The predicted octanol–water partition coefficient (Wildman–Crippen LogP) is 3.43. The first-order chi connectivity index (χ1) is 10.3. The maximum absolute atomic E-state index is 11.8. The average molecular weight is 303 g/mol. The minimum atomic E-state index is -0.169. The summed E-state index contributed by atoms with van der Waals surface area (Å²) in [5.41, 5.74) is 0.700. The van der Waals surface area contributed by atoms with E-state index in [0.717, 1.165) is 4.88 Å². The molecule has 2 aromatic rings. The van der Waals surface area contributed by atoms with Crippen molar-refractivity contribution in [1.29, 1.82) is 0 Å². The van der Waals surface area contributed by atoms with Crippen LogP contribution in [-0.2, 0) is 9.53 Å². The van der Waals surface area contributed by atoms with E-state index in [9.17, 15) is 4.79 Å². The highest BCUT2D eigenvalue weighted by Gasteiger charge is 2.00. The molecular weight excluding hydrogens is 286 g/mol. The molecule has 21 heavy (non-hydrogen) atoms. The molecule has 1 heterocycles. The van der Waals surface area contributed by atoms with Gasteiger partial charge in [-0.15, -0.1) is 11.3 Å². The standard InChI is InChI=1S/C16H17NO3S/c1-19-9-10-20-14-5-2-4-13(12-14)17-16(18)8-7-15-6-3-11-21-15/h2-8,11-12H,9-10H2,1H3,(H,17,18)/b8-7+. The summed E-state index contributed by atoms with van der Waals surface area (Å²) in [4.78, 5) is 12.9. The Hall–Kier alpha value is -2.11. The second-order valence-corrected chi connectivity index (χ2v) is 5.19. The zero-order valence-corrected chi connectivity index (χ0v) is 12.6. The fourth-order valence-electron chi connectivity index (χ4n) is 1.63. The van der Waals surface area contributed by atoms with Gasteiger partial charge in [-0.3, -0.25) is 4.79 Å². The molecular formula is C16H17NO3S. The van der Waals surface area contributed by atoms with E-state index in [0.29, 0.717) is 24.7 Å². The molecule has 2 rings (SSSR count). The van der Waals surface area contributed by atoms with Crippen molar-refractivity contribution in [3.05, 3.63) is 52.7 Å². The molecule has 0 aliphatic rings. The van der Waals surface area contributed by atoms with Crippen LogP contribution in [0.4, 0.5) is 5.69 Å². The zero-order valence-electron chi connectivity index (χ0n) is 11.7. The minimum absolute atomic E-state index is 0.169. The Morgan fingerprint density at radius 3 is 2.95 bits per heavy atom. The lowest BCUT2D eigenvalue weighted by molar-refractivity contribution is -0.111. The summed E-state index contributed by atoms with van der Waals surface area (Å²) < 4.78 is 10.4. The number of ether oxygens (including phenoxy) is 2. The summed E-state index contributed by atoms with van der Waals surface area (Å²) in [5.74, 6) is 0.532. The number of anilines is 1. The number of carbonyl (C=O) groups excluding carboxylic acids is 1. The molecule has 0 bridgehead atoms. The topological polar surface area (TPSA) is 47.6 Å². The van der Waals surface area contributed by atoms with Crippen LogP contribution in [-0.4, -0.2) is 26.2 Å². The van der Waals surface area contributed by atoms with Crippen LogP contribution < -0.4 is 10.1 Å². The summed E-state index contributed by atoms with van der Waals surface area (Å²) in [6.07, 6.45) is 3.31. The largest absolute Gasteiger partial charge is 0.491 e. The third-order valence-electron chi connectivity index (χ3n) is 2.60. The lowest BCUT2D eigenvalue weighted by atomic mass is 10.3. The second kappa shape index (κ2) is 8.24. The molecule has 4 nitrogen and oxygen atoms in total. The van der Waals surface area contributed by atoms with E-state index in [2.05, 4.69) is 5.32 Å². The number of benzene rings is 1. The van der Waals surface area contributed by atoms with Gasteiger partial charge < -0.3 is 14.8 Å². The van der Waals surface area contributed by atoms with Crippen LogP contribution in [0.1, 0.15) is 4.88 Å². The first-order valence-corrected chi connectivity index (χ1v) is 7.40. The average Bonchev–Trinajstić information content (AvgIpc) is 2.99. The van der Waals surface area contributed by atoms with Crippen molar-refractivity contribution in [3.63, 3.8) is 0 Å². The Kier molecular flexibility index (Phi) is 5.99. The van der Waals surface area contributed by atoms with Gasteiger partial charge in [0.2, 0.25) is 5.91 Å². The first-order valence-electron chi connectivity index (χ1n) is 6.52. The lowest BCUT2D eigenvalue weighted by Gasteiger charge is -2.07. The normalized spacial score (nSPS) is 10.7. The van der Waals surface area contributed by atoms with E-state index in [4.69, 9.17) is 9.47 Å². The van der Waals surface area contributed by atoms with E-state index in [-0.39, 0.29) is 5.91 Å². The fourth-order valence-corrected chi connectivity index (χ4v) is 2.25. The Labute approximate surface area is 128 Å². The van der Waals surface area contributed by atoms with Gasteiger partial charge in [-0.05, 0) is 29.7 Å². The van der Waals surface area contributed by atoms with E-state index < -0.39 is 0 Å². The summed E-state index contributed by atoms with van der Waals surface area (Å²) in [6, 6.07) is 11.2. The molecule has 1 aromatic heterocycles. The number of nitrogens with one attached hydrogen (secondary N) is 1. The number of thiophene rings is 1. The molecule has 0 radical (unpaired) electrons. The van der Waals surface area contributed by atoms with Crippen LogP contribution in [0.15, 0.2) is 47.9 Å². The van der Waals surface area contributed by atoms with E-state index in [1.165, 1.54) is 6.08 Å². The van der Waals surface area contributed by atoms with E-state index in [1.807, 2.05) is 35.7 Å². The highest BCUT2D eigenvalue weighted by atomic mass is 32.1. The molecule has 110 valence electrons. The molecule has 0 atom stereocenters. The van der Waals surface area contributed by atoms with Crippen molar-refractivity contribution in [2.75, 3.05) is 25.6 Å². The maximum atomic E-state index is 11.8. The van der Waals surface area contributed by atoms with Crippen LogP contribution in [0.5, 0.6) is 5.75 Å². The van der Waals surface area contributed by atoms with Gasteiger partial charge in [0.25, 0.3) is 0 Å². The van der Waals surface area contributed by atoms with E-state index >= 15 is 0 Å². The SMILES string of the molecule is COCCOc1cccc(NC(=O)/C=C/c2cccs2)c1. The fraction of sp³-hybridized carbons (Fsp3) is 0.188. The molecule has 1 aromatic carbocycles. The number of rotatable bonds is 7. The molecule has 0 saturated heterocycles. The van der Waals surface area contributed by atoms with Crippen molar-refractivity contribution in [1.82, 2.24) is 0 Å². The van der Waals surface area contributed by atoms with Crippen molar-refractivity contribution >= 4 is 29.0 Å². The van der Waals surface area contributed by atoms with Gasteiger partial charge >= 0.3 is 0 Å². The third kappa shape index (κ3) is 5.41. The van der Waals surface area contributed by atoms with Crippen LogP contribution in [0.25, 0.3) is 6.08 Å². The highest BCUT2D eigenvalue weighted by molar-refractivity contribution is 7.10. The van der Waals surface area contributed by atoms with Gasteiger partial charge in [0.1, 0.15) is 12.4 Å². The Balaban J connectivity index is 1.89. The second-order valence-electron chi connectivity index (χ2n) is 4.21. The quantitative estimate of drug-likeness (QED) is 0.630. The van der Waals surface area contributed by atoms with Crippen LogP contribution in [0.2, 0.25) is 0 Å². The predicted molar refractivity (Wildman–Crippen MR) is 85.8 cm³/mol. The van der Waals surface area contributed by atoms with Crippen LogP contribution >= 0.6 is 11.3 Å². The summed E-state index contributed by atoms with van der Waals surface area (Å²) in [6.45, 7) is 1.01. The van der Waals surface area contributed by atoms with Crippen LogP contribution in [0.3, 0.4) is 0 Å². The van der Waals surface area contributed by atoms with Gasteiger partial charge in [0.15, 0.2) is 0 Å². The van der Waals surface area contributed by atoms with Crippen molar-refractivity contribution in [2.45, 2.75) is 0 Å². The van der Waals surface area contributed by atoms with Gasteiger partial charge in [0.05, 0.1) is 6.61 Å². The van der Waals surface area contributed by atoms with Gasteiger partial charge in [-0.2, -0.15) is 0 Å². The minimum Gasteiger partial charge on any atom is -0.491 e. The monoisotopic (exact) mass is 303 g/mol. The smallest absolute Gasteiger partial charge is 0.248 e. The molecule has 0 saturated carbocycles. The third-order valence-corrected chi connectivity index (χ3v) is 3.44. The van der Waals surface area contributed by atoms with Crippen molar-refractivity contribution < 1.29 is 14.3 Å². The van der Waals surface area contributed by atoms with Gasteiger partial charge in [0, 0.05) is 29.8 Å². The molecule has 0 fully saturated rings. The number of amides is 1. The molecule has 0 unspecified atom stereocenters. The Bertz CT molecular complexity index is 593. The molecule has 5 heteroatoms. The number of methoxy groups -OCH3 is 1. The number of hydrogen-bond acceptors (Lipinski definition) is 4. The summed E-state index contributed by atoms with van der Waals surface area (Å²) >= 11 is 1.59. The molecule has 0 aliphatic carbocycles. The molecule has 0 aliphatic heterocycles. The molecule has 0 spiro atoms. The number of hydrogen-bond donors (Lipinski definition) is 1. The van der Waals surface area contributed by atoms with Crippen molar-refractivity contribution in [3.8, 4) is 5.75 Å². The van der Waals surface area contributed by atoms with Crippen molar-refractivity contribution in [2.24, 2.45) is 0 Å². The lowest BCUT2D eigenvalue weighted by Crippen LogP contribution is -2.08. The highest BCUT2D eigenvalue weighted by Crippen LogP contribution is 2.17. The Morgan fingerprint density at radius 2 is 2.19 bits per heavy atom. The molecule has 1 amide bonds. The van der Waals surface area contributed by atoms with Gasteiger partial charge in [-0.1, -0.05) is 12.1 Å². The zero-order chi connectivity index (χ0) is 14.9. The maximum Gasteiger partial charge on any atom is 0.248 e.